The highest BCUT2D eigenvalue weighted by atomic mass is 35.5. The van der Waals surface area contributed by atoms with E-state index in [4.69, 9.17) is 16.3 Å². The summed E-state index contributed by atoms with van der Waals surface area (Å²) in [5.74, 6) is -0.235. The standard InChI is InChI=1S/C18H17ClN6O2/c19-15-5-2-6-16(17(15)24-7-9-27-10-8-24)21-18(26)13-3-1-4-14(11-13)25-12-20-22-23-25/h1-6,11-12H,7-10H2,(H,21,26). The van der Waals surface area contributed by atoms with Gasteiger partial charge in [0.2, 0.25) is 0 Å². The molecule has 1 aliphatic heterocycles. The van der Waals surface area contributed by atoms with Crippen molar-refractivity contribution in [2.75, 3.05) is 36.5 Å². The Morgan fingerprint density at radius 1 is 1.15 bits per heavy atom. The molecule has 1 saturated heterocycles. The molecule has 0 spiro atoms. The number of amides is 1. The Labute approximate surface area is 160 Å². The molecular formula is C18H17ClN6O2. The monoisotopic (exact) mass is 384 g/mol. The molecule has 1 amide bonds. The van der Waals surface area contributed by atoms with Crippen LogP contribution in [-0.4, -0.2) is 52.4 Å². The normalized spacial score (nSPS) is 14.2. The third kappa shape index (κ3) is 3.76. The Morgan fingerprint density at radius 3 is 2.74 bits per heavy atom. The van der Waals surface area contributed by atoms with E-state index in [-0.39, 0.29) is 5.91 Å². The molecule has 2 aromatic carbocycles. The summed E-state index contributed by atoms with van der Waals surface area (Å²) in [7, 11) is 0. The van der Waals surface area contributed by atoms with Gasteiger partial charge < -0.3 is 15.0 Å². The summed E-state index contributed by atoms with van der Waals surface area (Å²) in [5.41, 5.74) is 2.68. The quantitative estimate of drug-likeness (QED) is 0.743. The Bertz CT molecular complexity index is 941. The lowest BCUT2D eigenvalue weighted by molar-refractivity contribution is 0.102. The molecule has 9 heteroatoms. The Kier molecular flexibility index (Phi) is 4.99. The van der Waals surface area contributed by atoms with Crippen molar-refractivity contribution in [2.24, 2.45) is 0 Å². The van der Waals surface area contributed by atoms with Crippen LogP contribution in [0, 0.1) is 0 Å². The molecule has 0 bridgehead atoms. The van der Waals surface area contributed by atoms with Crippen LogP contribution in [0.4, 0.5) is 11.4 Å². The minimum absolute atomic E-state index is 0.235. The van der Waals surface area contributed by atoms with Crippen LogP contribution in [0.15, 0.2) is 48.8 Å². The summed E-state index contributed by atoms with van der Waals surface area (Å²) < 4.78 is 6.90. The molecule has 1 aromatic heterocycles. The van der Waals surface area contributed by atoms with Gasteiger partial charge in [0.25, 0.3) is 5.91 Å². The number of rotatable bonds is 4. The van der Waals surface area contributed by atoms with Gasteiger partial charge in [0.1, 0.15) is 6.33 Å². The first-order valence-corrected chi connectivity index (χ1v) is 8.86. The Hall–Kier alpha value is -2.97. The number of anilines is 2. The van der Waals surface area contributed by atoms with Crippen molar-refractivity contribution in [1.29, 1.82) is 0 Å². The molecule has 0 saturated carbocycles. The number of nitrogens with one attached hydrogen (secondary N) is 1. The van der Waals surface area contributed by atoms with E-state index in [0.717, 1.165) is 18.8 Å². The van der Waals surface area contributed by atoms with Crippen LogP contribution in [-0.2, 0) is 4.74 Å². The predicted molar refractivity (Wildman–Crippen MR) is 102 cm³/mol. The molecule has 0 unspecified atom stereocenters. The molecule has 1 fully saturated rings. The number of benzene rings is 2. The number of ether oxygens (including phenoxy) is 1. The highest BCUT2D eigenvalue weighted by Gasteiger charge is 2.19. The van der Waals surface area contributed by atoms with E-state index in [1.165, 1.54) is 11.0 Å². The van der Waals surface area contributed by atoms with Gasteiger partial charge in [-0.1, -0.05) is 23.7 Å². The predicted octanol–water partition coefficient (Wildman–Crippen LogP) is 2.40. The Balaban J connectivity index is 1.60. The van der Waals surface area contributed by atoms with Gasteiger partial charge in [-0.15, -0.1) is 5.10 Å². The van der Waals surface area contributed by atoms with Crippen LogP contribution in [0.3, 0.4) is 0 Å². The average Bonchev–Trinajstić information content (AvgIpc) is 3.24. The molecular weight excluding hydrogens is 368 g/mol. The van der Waals surface area contributed by atoms with Crippen molar-refractivity contribution in [1.82, 2.24) is 20.2 Å². The molecule has 4 rings (SSSR count). The van der Waals surface area contributed by atoms with Gasteiger partial charge in [0.15, 0.2) is 0 Å². The molecule has 27 heavy (non-hydrogen) atoms. The van der Waals surface area contributed by atoms with Crippen molar-refractivity contribution < 1.29 is 9.53 Å². The SMILES string of the molecule is O=C(Nc1cccc(Cl)c1N1CCOCC1)c1cccc(-n2cnnn2)c1. The topological polar surface area (TPSA) is 85.2 Å². The van der Waals surface area contributed by atoms with E-state index in [1.54, 1.807) is 18.2 Å². The molecule has 2 heterocycles. The maximum atomic E-state index is 12.8. The minimum atomic E-state index is -0.235. The van der Waals surface area contributed by atoms with E-state index < -0.39 is 0 Å². The van der Waals surface area contributed by atoms with Crippen LogP contribution in [0.5, 0.6) is 0 Å². The van der Waals surface area contributed by atoms with Crippen LogP contribution in [0.1, 0.15) is 10.4 Å². The van der Waals surface area contributed by atoms with Crippen molar-refractivity contribution >= 4 is 28.9 Å². The van der Waals surface area contributed by atoms with Gasteiger partial charge in [-0.05, 0) is 40.8 Å². The smallest absolute Gasteiger partial charge is 0.255 e. The molecule has 138 valence electrons. The fourth-order valence-electron chi connectivity index (χ4n) is 2.99. The van der Waals surface area contributed by atoms with Gasteiger partial charge in [-0.25, -0.2) is 4.68 Å². The molecule has 0 radical (unpaired) electrons. The summed E-state index contributed by atoms with van der Waals surface area (Å²) in [6.07, 6.45) is 1.48. The van der Waals surface area contributed by atoms with Crippen LogP contribution >= 0.6 is 11.6 Å². The second kappa shape index (κ2) is 7.73. The van der Waals surface area contributed by atoms with E-state index in [0.29, 0.717) is 35.2 Å². The lowest BCUT2D eigenvalue weighted by Gasteiger charge is -2.31. The summed E-state index contributed by atoms with van der Waals surface area (Å²) in [6, 6.07) is 12.6. The zero-order valence-electron chi connectivity index (χ0n) is 14.4. The van der Waals surface area contributed by atoms with Gasteiger partial charge in [-0.2, -0.15) is 0 Å². The lowest BCUT2D eigenvalue weighted by Crippen LogP contribution is -2.37. The number of halogens is 1. The molecule has 0 atom stereocenters. The fraction of sp³-hybridized carbons (Fsp3) is 0.222. The third-order valence-electron chi connectivity index (χ3n) is 4.28. The minimum Gasteiger partial charge on any atom is -0.378 e. The van der Waals surface area contributed by atoms with Crippen molar-refractivity contribution in [3.8, 4) is 5.69 Å². The molecule has 8 nitrogen and oxygen atoms in total. The zero-order chi connectivity index (χ0) is 18.6. The maximum absolute atomic E-state index is 12.8. The number of aromatic nitrogens is 4. The summed E-state index contributed by atoms with van der Waals surface area (Å²) >= 11 is 6.43. The fourth-order valence-corrected chi connectivity index (χ4v) is 3.28. The van der Waals surface area contributed by atoms with Crippen molar-refractivity contribution in [3.63, 3.8) is 0 Å². The van der Waals surface area contributed by atoms with Gasteiger partial charge in [0.05, 0.1) is 35.3 Å². The van der Waals surface area contributed by atoms with E-state index in [9.17, 15) is 4.79 Å². The van der Waals surface area contributed by atoms with Crippen LogP contribution in [0.25, 0.3) is 5.69 Å². The van der Waals surface area contributed by atoms with Gasteiger partial charge in [-0.3, -0.25) is 4.79 Å². The number of tetrazole rings is 1. The van der Waals surface area contributed by atoms with Gasteiger partial charge in [0, 0.05) is 18.7 Å². The number of carbonyl (C=O) groups excluding carboxylic acids is 1. The highest BCUT2D eigenvalue weighted by molar-refractivity contribution is 6.34. The summed E-state index contributed by atoms with van der Waals surface area (Å²) in [6.45, 7) is 2.71. The van der Waals surface area contributed by atoms with Crippen molar-refractivity contribution in [2.45, 2.75) is 0 Å². The lowest BCUT2D eigenvalue weighted by atomic mass is 10.1. The number of nitrogens with zero attached hydrogens (tertiary/aromatic N) is 5. The second-order valence-electron chi connectivity index (χ2n) is 5.99. The molecule has 0 aliphatic carbocycles. The summed E-state index contributed by atoms with van der Waals surface area (Å²) in [5, 5.41) is 14.6. The number of carbonyl (C=O) groups is 1. The third-order valence-corrected chi connectivity index (χ3v) is 4.59. The van der Waals surface area contributed by atoms with E-state index in [1.807, 2.05) is 24.3 Å². The zero-order valence-corrected chi connectivity index (χ0v) is 15.1. The maximum Gasteiger partial charge on any atom is 0.255 e. The first-order valence-electron chi connectivity index (χ1n) is 8.48. The largest absolute Gasteiger partial charge is 0.378 e. The highest BCUT2D eigenvalue weighted by Crippen LogP contribution is 2.34. The van der Waals surface area contributed by atoms with Crippen molar-refractivity contribution in [3.05, 3.63) is 59.4 Å². The molecule has 1 N–H and O–H groups in total. The molecule has 1 aliphatic rings. The second-order valence-corrected chi connectivity index (χ2v) is 6.40. The van der Waals surface area contributed by atoms with E-state index >= 15 is 0 Å². The van der Waals surface area contributed by atoms with Gasteiger partial charge >= 0.3 is 0 Å². The number of hydrogen-bond acceptors (Lipinski definition) is 6. The molecule has 3 aromatic rings. The first-order chi connectivity index (χ1) is 13.2. The summed E-state index contributed by atoms with van der Waals surface area (Å²) in [4.78, 5) is 14.9. The average molecular weight is 385 g/mol. The number of para-hydroxylation sites is 1. The Morgan fingerprint density at radius 2 is 1.96 bits per heavy atom. The number of morpholine rings is 1. The van der Waals surface area contributed by atoms with Crippen LogP contribution < -0.4 is 10.2 Å². The first kappa shape index (κ1) is 17.4. The van der Waals surface area contributed by atoms with E-state index in [2.05, 4.69) is 25.7 Å². The van der Waals surface area contributed by atoms with Crippen LogP contribution in [0.2, 0.25) is 5.02 Å². The number of hydrogen-bond donors (Lipinski definition) is 1.